The summed E-state index contributed by atoms with van der Waals surface area (Å²) in [5, 5.41) is 9.08. The highest BCUT2D eigenvalue weighted by Crippen LogP contribution is 2.24. The number of para-hydroxylation sites is 1. The van der Waals surface area contributed by atoms with Crippen LogP contribution in [-0.2, 0) is 6.61 Å². The second kappa shape index (κ2) is 6.01. The van der Waals surface area contributed by atoms with Crippen LogP contribution in [0, 0.1) is 11.2 Å². The van der Waals surface area contributed by atoms with Crippen LogP contribution in [0.1, 0.15) is 39.2 Å². The van der Waals surface area contributed by atoms with Crippen LogP contribution in [-0.4, -0.2) is 11.7 Å². The molecule has 1 rings (SSSR count). The third kappa shape index (κ3) is 4.73. The first-order valence-corrected chi connectivity index (χ1v) is 5.95. The van der Waals surface area contributed by atoms with Crippen LogP contribution in [0.5, 0.6) is 5.75 Å². The highest BCUT2D eigenvalue weighted by atomic mass is 19.1. The fourth-order valence-electron chi connectivity index (χ4n) is 1.62. The second-order valence-corrected chi connectivity index (χ2v) is 5.40. The molecule has 1 aromatic carbocycles. The molecule has 17 heavy (non-hydrogen) atoms. The number of hydrogen-bond donors (Lipinski definition) is 1. The summed E-state index contributed by atoms with van der Waals surface area (Å²) < 4.78 is 18.9. The van der Waals surface area contributed by atoms with Crippen LogP contribution in [0.3, 0.4) is 0 Å². The molecule has 1 N–H and O–H groups in total. The Hall–Kier alpha value is -1.09. The Morgan fingerprint density at radius 2 is 2.00 bits per heavy atom. The monoisotopic (exact) mass is 240 g/mol. The average molecular weight is 240 g/mol. The van der Waals surface area contributed by atoms with Crippen molar-refractivity contribution in [3.8, 4) is 5.75 Å². The number of rotatable bonds is 5. The van der Waals surface area contributed by atoms with Crippen molar-refractivity contribution in [1.82, 2.24) is 0 Å². The Kier molecular flexibility index (Phi) is 4.94. The van der Waals surface area contributed by atoms with Gasteiger partial charge < -0.3 is 9.84 Å². The van der Waals surface area contributed by atoms with Crippen molar-refractivity contribution in [1.29, 1.82) is 0 Å². The second-order valence-electron chi connectivity index (χ2n) is 5.40. The molecule has 96 valence electrons. The van der Waals surface area contributed by atoms with E-state index in [1.807, 2.05) is 0 Å². The van der Waals surface area contributed by atoms with Gasteiger partial charge >= 0.3 is 0 Å². The smallest absolute Gasteiger partial charge is 0.165 e. The molecule has 0 aliphatic carbocycles. The summed E-state index contributed by atoms with van der Waals surface area (Å²) in [7, 11) is 0. The third-order valence-corrected chi connectivity index (χ3v) is 2.54. The molecule has 0 radical (unpaired) electrons. The van der Waals surface area contributed by atoms with E-state index in [1.165, 1.54) is 6.07 Å². The van der Waals surface area contributed by atoms with Crippen LogP contribution >= 0.6 is 0 Å². The molecule has 0 spiro atoms. The molecule has 1 aromatic rings. The van der Waals surface area contributed by atoms with Crippen LogP contribution in [0.4, 0.5) is 4.39 Å². The molecular weight excluding hydrogens is 219 g/mol. The fourth-order valence-corrected chi connectivity index (χ4v) is 1.62. The van der Waals surface area contributed by atoms with Gasteiger partial charge in [0.25, 0.3) is 0 Å². The molecule has 0 unspecified atom stereocenters. The lowest BCUT2D eigenvalue weighted by molar-refractivity contribution is 0.240. The van der Waals surface area contributed by atoms with Crippen molar-refractivity contribution in [3.63, 3.8) is 0 Å². The maximum absolute atomic E-state index is 13.5. The van der Waals surface area contributed by atoms with E-state index < -0.39 is 5.82 Å². The predicted molar refractivity (Wildman–Crippen MR) is 66.5 cm³/mol. The number of aliphatic hydroxyl groups is 1. The van der Waals surface area contributed by atoms with Gasteiger partial charge in [0.2, 0.25) is 0 Å². The first-order chi connectivity index (χ1) is 7.94. The SMILES string of the molecule is CC(C)(C)CCCOc1c(F)cccc1CO. The van der Waals surface area contributed by atoms with Gasteiger partial charge in [-0.15, -0.1) is 0 Å². The van der Waals surface area contributed by atoms with E-state index >= 15 is 0 Å². The van der Waals surface area contributed by atoms with Gasteiger partial charge in [0.05, 0.1) is 13.2 Å². The van der Waals surface area contributed by atoms with E-state index in [0.29, 0.717) is 12.2 Å². The minimum atomic E-state index is -0.410. The average Bonchev–Trinajstić information content (AvgIpc) is 2.24. The standard InChI is InChI=1S/C14H21FO2/c1-14(2,3)8-5-9-17-13-11(10-16)6-4-7-12(13)15/h4,6-7,16H,5,8-10H2,1-3H3. The zero-order valence-corrected chi connectivity index (χ0v) is 10.8. The first-order valence-electron chi connectivity index (χ1n) is 5.95. The van der Waals surface area contributed by atoms with Crippen LogP contribution in [0.15, 0.2) is 18.2 Å². The van der Waals surface area contributed by atoms with Gasteiger partial charge in [0, 0.05) is 5.56 Å². The number of hydrogen-bond acceptors (Lipinski definition) is 2. The van der Waals surface area contributed by atoms with Crippen molar-refractivity contribution in [2.45, 2.75) is 40.2 Å². The number of ether oxygens (including phenoxy) is 1. The predicted octanol–water partition coefficient (Wildman–Crippen LogP) is 3.52. The van der Waals surface area contributed by atoms with E-state index in [4.69, 9.17) is 9.84 Å². The van der Waals surface area contributed by atoms with E-state index in [1.54, 1.807) is 12.1 Å². The quantitative estimate of drug-likeness (QED) is 0.798. The van der Waals surface area contributed by atoms with Crippen LogP contribution in [0.25, 0.3) is 0 Å². The Labute approximate surface area is 102 Å². The normalized spacial score (nSPS) is 11.6. The molecule has 3 heteroatoms. The highest BCUT2D eigenvalue weighted by molar-refractivity contribution is 5.34. The Morgan fingerprint density at radius 1 is 1.29 bits per heavy atom. The summed E-state index contributed by atoms with van der Waals surface area (Å²) >= 11 is 0. The summed E-state index contributed by atoms with van der Waals surface area (Å²) in [5.41, 5.74) is 0.763. The van der Waals surface area contributed by atoms with Crippen molar-refractivity contribution in [2.75, 3.05) is 6.61 Å². The summed E-state index contributed by atoms with van der Waals surface area (Å²) in [4.78, 5) is 0. The van der Waals surface area contributed by atoms with E-state index in [0.717, 1.165) is 12.8 Å². The molecule has 0 bridgehead atoms. The maximum atomic E-state index is 13.5. The van der Waals surface area contributed by atoms with E-state index in [9.17, 15) is 4.39 Å². The van der Waals surface area contributed by atoms with Gasteiger partial charge in [0.1, 0.15) is 0 Å². The Balaban J connectivity index is 2.52. The lowest BCUT2D eigenvalue weighted by Crippen LogP contribution is -2.09. The molecule has 0 heterocycles. The zero-order chi connectivity index (χ0) is 12.9. The highest BCUT2D eigenvalue weighted by Gasteiger charge is 2.11. The summed E-state index contributed by atoms with van der Waals surface area (Å²) in [6.07, 6.45) is 1.90. The molecule has 0 saturated heterocycles. The number of halogens is 1. The van der Waals surface area contributed by atoms with Gasteiger partial charge in [-0.1, -0.05) is 32.9 Å². The molecular formula is C14H21FO2. The third-order valence-electron chi connectivity index (χ3n) is 2.54. The maximum Gasteiger partial charge on any atom is 0.165 e. The number of aliphatic hydroxyl groups excluding tert-OH is 1. The topological polar surface area (TPSA) is 29.5 Å². The molecule has 0 fully saturated rings. The van der Waals surface area contributed by atoms with Gasteiger partial charge in [0.15, 0.2) is 11.6 Å². The zero-order valence-electron chi connectivity index (χ0n) is 10.8. The Bertz CT molecular complexity index is 356. The van der Waals surface area contributed by atoms with Crippen molar-refractivity contribution in [2.24, 2.45) is 5.41 Å². The van der Waals surface area contributed by atoms with Crippen LogP contribution in [0.2, 0.25) is 0 Å². The Morgan fingerprint density at radius 3 is 2.59 bits per heavy atom. The molecule has 0 saturated carbocycles. The van der Waals surface area contributed by atoms with Gasteiger partial charge in [-0.3, -0.25) is 0 Å². The lowest BCUT2D eigenvalue weighted by Gasteiger charge is -2.18. The van der Waals surface area contributed by atoms with Crippen molar-refractivity contribution in [3.05, 3.63) is 29.6 Å². The van der Waals surface area contributed by atoms with Gasteiger partial charge in [-0.25, -0.2) is 4.39 Å². The van der Waals surface area contributed by atoms with Crippen molar-refractivity contribution < 1.29 is 14.2 Å². The summed E-state index contributed by atoms with van der Waals surface area (Å²) in [6.45, 7) is 6.76. The molecule has 0 aromatic heterocycles. The van der Waals surface area contributed by atoms with E-state index in [2.05, 4.69) is 20.8 Å². The minimum Gasteiger partial charge on any atom is -0.490 e. The minimum absolute atomic E-state index is 0.184. The lowest BCUT2D eigenvalue weighted by atomic mass is 9.91. The fraction of sp³-hybridized carbons (Fsp3) is 0.571. The van der Waals surface area contributed by atoms with Gasteiger partial charge in [-0.2, -0.15) is 0 Å². The molecule has 0 amide bonds. The molecule has 2 nitrogen and oxygen atoms in total. The molecule has 0 aliphatic heterocycles. The van der Waals surface area contributed by atoms with Crippen molar-refractivity contribution >= 4 is 0 Å². The van der Waals surface area contributed by atoms with E-state index in [-0.39, 0.29) is 17.8 Å². The first kappa shape index (κ1) is 14.0. The largest absolute Gasteiger partial charge is 0.490 e. The summed E-state index contributed by atoms with van der Waals surface area (Å²) in [5.74, 6) is -0.226. The van der Waals surface area contributed by atoms with Crippen LogP contribution < -0.4 is 4.74 Å². The summed E-state index contributed by atoms with van der Waals surface area (Å²) in [6, 6.07) is 4.59. The van der Waals surface area contributed by atoms with Gasteiger partial charge in [-0.05, 0) is 24.3 Å². The molecule has 0 aliphatic rings. The number of benzene rings is 1. The molecule has 0 atom stereocenters.